The Labute approximate surface area is 142 Å². The summed E-state index contributed by atoms with van der Waals surface area (Å²) in [7, 11) is 0. The molecule has 0 spiro atoms. The second-order valence-electron chi connectivity index (χ2n) is 4.90. The Morgan fingerprint density at radius 3 is 2.15 bits per heavy atom. The lowest BCUT2D eigenvalue weighted by molar-refractivity contribution is -0.388. The molecule has 0 saturated heterocycles. The molecular weight excluding hydrogens is 363 g/mol. The molecule has 0 aliphatic carbocycles. The average molecular weight is 371 g/mol. The van der Waals surface area contributed by atoms with Crippen molar-refractivity contribution in [3.63, 3.8) is 0 Å². The lowest BCUT2D eigenvalue weighted by Gasteiger charge is -2.10. The molecule has 12 heteroatoms. The molecule has 0 aromatic heterocycles. The van der Waals surface area contributed by atoms with Crippen LogP contribution in [0, 0.1) is 20.2 Å². The van der Waals surface area contributed by atoms with Crippen molar-refractivity contribution in [3.8, 4) is 5.75 Å². The third-order valence-corrected chi connectivity index (χ3v) is 3.19. The number of carbonyl (C=O) groups excluding carboxylic acids is 1. The van der Waals surface area contributed by atoms with Gasteiger partial charge in [-0.2, -0.15) is 13.2 Å². The number of nitrogens with one attached hydrogen (secondary N) is 1. The third kappa shape index (κ3) is 3.85. The Morgan fingerprint density at radius 1 is 1.00 bits per heavy atom. The quantitative estimate of drug-likeness (QED) is 0.480. The zero-order valence-corrected chi connectivity index (χ0v) is 12.5. The highest BCUT2D eigenvalue weighted by Gasteiger charge is 2.39. The van der Waals surface area contributed by atoms with E-state index in [-0.39, 0.29) is 11.8 Å². The molecule has 0 atom stereocenters. The number of halogens is 3. The second-order valence-corrected chi connectivity index (χ2v) is 4.90. The third-order valence-electron chi connectivity index (χ3n) is 3.19. The molecular formula is C14H8F3N3O6. The lowest BCUT2D eigenvalue weighted by Crippen LogP contribution is -2.16. The number of amides is 1. The molecule has 2 aromatic rings. The van der Waals surface area contributed by atoms with Gasteiger partial charge in [0.25, 0.3) is 17.3 Å². The maximum atomic E-state index is 12.9. The molecule has 0 radical (unpaired) electrons. The fraction of sp³-hybridized carbons (Fsp3) is 0.0714. The van der Waals surface area contributed by atoms with Gasteiger partial charge in [-0.1, -0.05) is 0 Å². The summed E-state index contributed by atoms with van der Waals surface area (Å²) in [4.78, 5) is 31.6. The van der Waals surface area contributed by atoms with Gasteiger partial charge in [-0.25, -0.2) is 0 Å². The van der Waals surface area contributed by atoms with E-state index in [4.69, 9.17) is 0 Å². The van der Waals surface area contributed by atoms with E-state index in [2.05, 4.69) is 0 Å². The largest absolute Gasteiger partial charge is 0.508 e. The summed E-state index contributed by atoms with van der Waals surface area (Å²) >= 11 is 0. The summed E-state index contributed by atoms with van der Waals surface area (Å²) in [6, 6.07) is 4.34. The van der Waals surface area contributed by atoms with E-state index in [1.54, 1.807) is 0 Å². The minimum Gasteiger partial charge on any atom is -0.508 e. The van der Waals surface area contributed by atoms with Crippen LogP contribution in [0.3, 0.4) is 0 Å². The number of nitro groups is 2. The molecule has 26 heavy (non-hydrogen) atoms. The zero-order valence-electron chi connectivity index (χ0n) is 12.5. The van der Waals surface area contributed by atoms with Crippen molar-refractivity contribution in [1.29, 1.82) is 0 Å². The molecule has 0 aliphatic heterocycles. The zero-order chi connectivity index (χ0) is 19.6. The number of carbonyl (C=O) groups is 1. The molecule has 1 amide bonds. The minimum absolute atomic E-state index is 0.277. The van der Waals surface area contributed by atoms with Crippen molar-refractivity contribution in [2.45, 2.75) is 6.18 Å². The van der Waals surface area contributed by atoms with E-state index in [9.17, 15) is 43.3 Å². The summed E-state index contributed by atoms with van der Waals surface area (Å²) in [5, 5.41) is 32.9. The fourth-order valence-electron chi connectivity index (χ4n) is 2.03. The number of benzene rings is 2. The number of hydrogen-bond acceptors (Lipinski definition) is 6. The lowest BCUT2D eigenvalue weighted by atomic mass is 10.1. The van der Waals surface area contributed by atoms with Crippen molar-refractivity contribution in [2.24, 2.45) is 0 Å². The molecule has 0 fully saturated rings. The Hall–Kier alpha value is -3.70. The summed E-state index contributed by atoms with van der Waals surface area (Å²) in [6.45, 7) is 0. The predicted octanol–water partition coefficient (Wildman–Crippen LogP) is 3.48. The molecule has 0 saturated carbocycles. The fourth-order valence-corrected chi connectivity index (χ4v) is 2.03. The summed E-state index contributed by atoms with van der Waals surface area (Å²) < 4.78 is 38.8. The van der Waals surface area contributed by atoms with Gasteiger partial charge in [0.2, 0.25) is 0 Å². The number of aromatic hydroxyl groups is 1. The molecule has 136 valence electrons. The van der Waals surface area contributed by atoms with Gasteiger partial charge in [0.15, 0.2) is 0 Å². The highest BCUT2D eigenvalue weighted by molar-refractivity contribution is 6.05. The number of anilines is 1. The molecule has 2 rings (SSSR count). The molecule has 0 heterocycles. The van der Waals surface area contributed by atoms with Crippen LogP contribution < -0.4 is 5.32 Å². The molecule has 0 unspecified atom stereocenters. The van der Waals surface area contributed by atoms with E-state index >= 15 is 0 Å². The van der Waals surface area contributed by atoms with Gasteiger partial charge in [0.1, 0.15) is 17.0 Å². The first kappa shape index (κ1) is 18.6. The van der Waals surface area contributed by atoms with Gasteiger partial charge >= 0.3 is 6.18 Å². The SMILES string of the molecule is O=C(Nc1ccc(O)cc1[N+](=O)[O-])c1ccc([N+](=O)[O-])c(C(F)(F)F)c1. The standard InChI is InChI=1S/C14H8F3N3O6/c15-14(16,17)9-5-7(1-4-11(9)19(23)24)13(22)18-10-3-2-8(21)6-12(10)20(25)26/h1-6,21H,(H,18,22). The van der Waals surface area contributed by atoms with Gasteiger partial charge < -0.3 is 10.4 Å². The Kier molecular flexibility index (Phi) is 4.77. The van der Waals surface area contributed by atoms with Crippen molar-refractivity contribution >= 4 is 23.0 Å². The average Bonchev–Trinajstić information content (AvgIpc) is 2.54. The van der Waals surface area contributed by atoms with E-state index in [1.165, 1.54) is 0 Å². The van der Waals surface area contributed by atoms with Crippen LogP contribution in [-0.4, -0.2) is 20.9 Å². The van der Waals surface area contributed by atoms with Crippen LogP contribution in [0.15, 0.2) is 36.4 Å². The first-order chi connectivity index (χ1) is 12.0. The van der Waals surface area contributed by atoms with Crippen LogP contribution in [0.2, 0.25) is 0 Å². The topological polar surface area (TPSA) is 136 Å². The highest BCUT2D eigenvalue weighted by Crippen LogP contribution is 2.37. The van der Waals surface area contributed by atoms with E-state index in [0.717, 1.165) is 24.3 Å². The van der Waals surface area contributed by atoms with Crippen LogP contribution in [0.25, 0.3) is 0 Å². The van der Waals surface area contributed by atoms with Crippen LogP contribution >= 0.6 is 0 Å². The molecule has 2 N–H and O–H groups in total. The van der Waals surface area contributed by atoms with Crippen molar-refractivity contribution < 1.29 is 32.9 Å². The van der Waals surface area contributed by atoms with Crippen LogP contribution in [-0.2, 0) is 6.18 Å². The Morgan fingerprint density at radius 2 is 1.62 bits per heavy atom. The number of rotatable bonds is 4. The number of alkyl halides is 3. The summed E-state index contributed by atoms with van der Waals surface area (Å²) in [5.41, 5.74) is -4.51. The maximum absolute atomic E-state index is 12.9. The second kappa shape index (κ2) is 6.66. The maximum Gasteiger partial charge on any atom is 0.423 e. The molecule has 9 nitrogen and oxygen atoms in total. The van der Waals surface area contributed by atoms with Crippen molar-refractivity contribution in [1.82, 2.24) is 0 Å². The monoisotopic (exact) mass is 371 g/mol. The van der Waals surface area contributed by atoms with Gasteiger partial charge in [0, 0.05) is 11.6 Å². The number of nitrogens with zero attached hydrogens (tertiary/aromatic N) is 2. The van der Waals surface area contributed by atoms with Crippen LogP contribution in [0.4, 0.5) is 30.2 Å². The van der Waals surface area contributed by atoms with E-state index < -0.39 is 50.2 Å². The van der Waals surface area contributed by atoms with E-state index in [0.29, 0.717) is 6.07 Å². The van der Waals surface area contributed by atoms with Gasteiger partial charge in [-0.15, -0.1) is 0 Å². The van der Waals surface area contributed by atoms with Crippen LogP contribution in [0.1, 0.15) is 15.9 Å². The number of nitro benzene ring substituents is 2. The molecule has 2 aromatic carbocycles. The van der Waals surface area contributed by atoms with Crippen molar-refractivity contribution in [3.05, 3.63) is 67.8 Å². The van der Waals surface area contributed by atoms with Crippen molar-refractivity contribution in [2.75, 3.05) is 5.32 Å². The molecule has 0 bridgehead atoms. The minimum atomic E-state index is -5.08. The predicted molar refractivity (Wildman–Crippen MR) is 80.8 cm³/mol. The number of hydrogen-bond donors (Lipinski definition) is 2. The highest BCUT2D eigenvalue weighted by atomic mass is 19.4. The Balaban J connectivity index is 2.43. The summed E-state index contributed by atoms with van der Waals surface area (Å²) in [5.74, 6) is -1.61. The van der Waals surface area contributed by atoms with Gasteiger partial charge in [-0.3, -0.25) is 25.0 Å². The first-order valence-electron chi connectivity index (χ1n) is 6.65. The van der Waals surface area contributed by atoms with E-state index in [1.807, 2.05) is 5.32 Å². The number of phenolic OH excluding ortho intramolecular Hbond substituents is 1. The molecule has 0 aliphatic rings. The normalized spacial score (nSPS) is 11.0. The van der Waals surface area contributed by atoms with Crippen LogP contribution in [0.5, 0.6) is 5.75 Å². The first-order valence-corrected chi connectivity index (χ1v) is 6.65. The summed E-state index contributed by atoms with van der Waals surface area (Å²) in [6.07, 6.45) is -5.08. The van der Waals surface area contributed by atoms with Gasteiger partial charge in [0.05, 0.1) is 15.9 Å². The smallest absolute Gasteiger partial charge is 0.423 e. The van der Waals surface area contributed by atoms with Gasteiger partial charge in [-0.05, 0) is 24.3 Å². The number of phenols is 1. The Bertz CT molecular complexity index is 913.